The first kappa shape index (κ1) is 10.7. The molecule has 0 aromatic heterocycles. The van der Waals surface area contributed by atoms with Gasteiger partial charge in [0.2, 0.25) is 5.96 Å². The Kier molecular flexibility index (Phi) is 3.44. The average Bonchev–Trinajstić information content (AvgIpc) is 2.10. The minimum Gasteiger partial charge on any atom is -0.350 e. The molecule has 4 nitrogen and oxygen atoms in total. The van der Waals surface area contributed by atoms with E-state index in [-0.39, 0.29) is 0 Å². The monoisotopic (exact) mass is 202 g/mol. The zero-order valence-electron chi connectivity index (χ0n) is 8.42. The van der Waals surface area contributed by atoms with Gasteiger partial charge in [-0.1, -0.05) is 0 Å². The van der Waals surface area contributed by atoms with Gasteiger partial charge in [-0.05, 0) is 20.8 Å². The van der Waals surface area contributed by atoms with Gasteiger partial charge in [-0.25, -0.2) is 5.84 Å². The molecule has 0 aromatic rings. The minimum absolute atomic E-state index is 0.297. The Balaban J connectivity index is 2.43. The number of nitrogens with two attached hydrogens (primary N) is 1. The first-order valence-electron chi connectivity index (χ1n) is 4.51. The zero-order chi connectivity index (χ0) is 9.90. The van der Waals surface area contributed by atoms with Crippen LogP contribution in [0.5, 0.6) is 0 Å². The predicted molar refractivity (Wildman–Crippen MR) is 58.8 cm³/mol. The van der Waals surface area contributed by atoms with Crippen LogP contribution in [-0.4, -0.2) is 29.0 Å². The van der Waals surface area contributed by atoms with E-state index < -0.39 is 0 Å². The highest BCUT2D eigenvalue weighted by Crippen LogP contribution is 2.39. The summed E-state index contributed by atoms with van der Waals surface area (Å²) in [6.45, 7) is 7.17. The van der Waals surface area contributed by atoms with Crippen molar-refractivity contribution in [3.63, 3.8) is 0 Å². The van der Waals surface area contributed by atoms with E-state index in [1.165, 1.54) is 0 Å². The molecule has 1 atom stereocenters. The van der Waals surface area contributed by atoms with Gasteiger partial charge in [-0.3, -0.25) is 10.4 Å². The largest absolute Gasteiger partial charge is 0.350 e. The number of hydrogen-bond acceptors (Lipinski definition) is 3. The summed E-state index contributed by atoms with van der Waals surface area (Å²) in [5.74, 6) is 7.14. The molecule has 0 saturated carbocycles. The van der Waals surface area contributed by atoms with E-state index in [0.717, 1.165) is 12.3 Å². The van der Waals surface area contributed by atoms with Crippen molar-refractivity contribution >= 4 is 17.7 Å². The van der Waals surface area contributed by atoms with Crippen LogP contribution in [0.3, 0.4) is 0 Å². The van der Waals surface area contributed by atoms with E-state index in [2.05, 4.69) is 29.6 Å². The second-order valence-corrected chi connectivity index (χ2v) is 5.25. The van der Waals surface area contributed by atoms with Crippen LogP contribution in [0.2, 0.25) is 0 Å². The van der Waals surface area contributed by atoms with Crippen molar-refractivity contribution in [2.75, 3.05) is 12.3 Å². The van der Waals surface area contributed by atoms with Crippen LogP contribution < -0.4 is 16.6 Å². The summed E-state index contributed by atoms with van der Waals surface area (Å²) in [5.41, 5.74) is 2.57. The Labute approximate surface area is 83.7 Å². The summed E-state index contributed by atoms with van der Waals surface area (Å²) in [4.78, 5) is 4.19. The zero-order valence-corrected chi connectivity index (χ0v) is 9.24. The van der Waals surface area contributed by atoms with Crippen LogP contribution in [0.15, 0.2) is 4.99 Å². The molecule has 1 heterocycles. The Bertz CT molecular complexity index is 202. The first-order chi connectivity index (χ1) is 6.10. The van der Waals surface area contributed by atoms with E-state index in [9.17, 15) is 0 Å². The minimum atomic E-state index is 0.297. The lowest BCUT2D eigenvalue weighted by Gasteiger charge is -2.44. The molecule has 0 bridgehead atoms. The highest BCUT2D eigenvalue weighted by atomic mass is 32.2. The molecule has 1 unspecified atom stereocenters. The van der Waals surface area contributed by atoms with Gasteiger partial charge in [-0.15, -0.1) is 0 Å². The number of thioether (sulfide) groups is 1. The summed E-state index contributed by atoms with van der Waals surface area (Å²) in [7, 11) is 0. The number of hydrazine groups is 1. The van der Waals surface area contributed by atoms with Gasteiger partial charge >= 0.3 is 0 Å². The second kappa shape index (κ2) is 4.19. The van der Waals surface area contributed by atoms with E-state index in [1.807, 2.05) is 18.7 Å². The van der Waals surface area contributed by atoms with Gasteiger partial charge in [-0.2, -0.15) is 11.8 Å². The molecule has 5 heteroatoms. The molecule has 0 radical (unpaired) electrons. The van der Waals surface area contributed by atoms with Crippen LogP contribution in [0.25, 0.3) is 0 Å². The van der Waals surface area contributed by atoms with E-state index >= 15 is 0 Å². The van der Waals surface area contributed by atoms with Crippen molar-refractivity contribution in [3.8, 4) is 0 Å². The summed E-state index contributed by atoms with van der Waals surface area (Å²) >= 11 is 1.96. The quantitative estimate of drug-likeness (QED) is 0.261. The van der Waals surface area contributed by atoms with Crippen LogP contribution in [0.4, 0.5) is 0 Å². The van der Waals surface area contributed by atoms with Crippen LogP contribution in [0.1, 0.15) is 20.8 Å². The fourth-order valence-corrected chi connectivity index (χ4v) is 2.31. The van der Waals surface area contributed by atoms with Crippen molar-refractivity contribution in [2.45, 2.75) is 31.6 Å². The smallest absolute Gasteiger partial charge is 0.206 e. The molecule has 0 amide bonds. The van der Waals surface area contributed by atoms with Crippen LogP contribution >= 0.6 is 11.8 Å². The summed E-state index contributed by atoms with van der Waals surface area (Å²) in [6, 6.07) is 0.471. The molecular formula is C8H18N4S. The number of hydrogen-bond donors (Lipinski definition) is 3. The fourth-order valence-electron chi connectivity index (χ4n) is 1.17. The van der Waals surface area contributed by atoms with Gasteiger partial charge in [0.05, 0.1) is 6.04 Å². The number of guanidine groups is 1. The molecule has 4 N–H and O–H groups in total. The van der Waals surface area contributed by atoms with Crippen molar-refractivity contribution in [2.24, 2.45) is 10.8 Å². The first-order valence-corrected chi connectivity index (χ1v) is 5.50. The molecule has 0 aliphatic carbocycles. The van der Waals surface area contributed by atoms with E-state index in [4.69, 9.17) is 5.84 Å². The molecule has 0 spiro atoms. The topological polar surface area (TPSA) is 62.4 Å². The predicted octanol–water partition coefficient (Wildman–Crippen LogP) is 0.309. The highest BCUT2D eigenvalue weighted by molar-refractivity contribution is 8.02. The lowest BCUT2D eigenvalue weighted by Crippen LogP contribution is -2.59. The third-order valence-corrected chi connectivity index (χ3v) is 3.75. The van der Waals surface area contributed by atoms with Gasteiger partial charge < -0.3 is 5.32 Å². The molecular weight excluding hydrogens is 184 g/mol. The maximum atomic E-state index is 5.32. The molecule has 1 fully saturated rings. The lowest BCUT2D eigenvalue weighted by molar-refractivity contribution is 0.493. The Morgan fingerprint density at radius 1 is 1.69 bits per heavy atom. The highest BCUT2D eigenvalue weighted by Gasteiger charge is 2.39. The van der Waals surface area contributed by atoms with Crippen molar-refractivity contribution in [3.05, 3.63) is 0 Å². The summed E-state index contributed by atoms with van der Waals surface area (Å²) in [5, 5.41) is 3.29. The Hall–Kier alpha value is -0.420. The molecule has 13 heavy (non-hydrogen) atoms. The van der Waals surface area contributed by atoms with Crippen molar-refractivity contribution in [1.29, 1.82) is 0 Å². The van der Waals surface area contributed by atoms with Crippen molar-refractivity contribution in [1.82, 2.24) is 10.7 Å². The van der Waals surface area contributed by atoms with Gasteiger partial charge in [0, 0.05) is 17.0 Å². The molecule has 76 valence electrons. The number of nitrogens with one attached hydrogen (secondary N) is 2. The average molecular weight is 202 g/mol. The number of rotatable bonds is 2. The third-order valence-electron chi connectivity index (χ3n) is 2.23. The normalized spacial score (nSPS) is 26.5. The molecule has 1 aliphatic rings. The maximum absolute atomic E-state index is 5.32. The molecule has 1 saturated heterocycles. The SMILES string of the molecule is CCN=C(NN)NC1CSC1(C)C. The third kappa shape index (κ3) is 2.51. The van der Waals surface area contributed by atoms with Gasteiger partial charge in [0.25, 0.3) is 0 Å². The second-order valence-electron chi connectivity index (χ2n) is 3.58. The number of aliphatic imine (C=N–C) groups is 1. The Morgan fingerprint density at radius 3 is 2.69 bits per heavy atom. The van der Waals surface area contributed by atoms with Crippen LogP contribution in [0, 0.1) is 0 Å². The maximum Gasteiger partial charge on any atom is 0.206 e. The standard InChI is InChI=1S/C8H18N4S/c1-4-10-7(12-9)11-6-5-13-8(6,2)3/h6H,4-5,9H2,1-3H3,(H2,10,11,12). The van der Waals surface area contributed by atoms with E-state index in [1.54, 1.807) is 0 Å². The van der Waals surface area contributed by atoms with Gasteiger partial charge in [0.1, 0.15) is 0 Å². The molecule has 0 aromatic carbocycles. The fraction of sp³-hybridized carbons (Fsp3) is 0.875. The molecule has 1 rings (SSSR count). The number of nitrogens with zero attached hydrogens (tertiary/aromatic N) is 1. The summed E-state index contributed by atoms with van der Waals surface area (Å²) in [6.07, 6.45) is 0. The van der Waals surface area contributed by atoms with Gasteiger partial charge in [0.15, 0.2) is 0 Å². The molecule has 1 aliphatic heterocycles. The lowest BCUT2D eigenvalue weighted by atomic mass is 10.0. The summed E-state index contributed by atoms with van der Waals surface area (Å²) < 4.78 is 0.297. The van der Waals surface area contributed by atoms with Crippen molar-refractivity contribution < 1.29 is 0 Å². The van der Waals surface area contributed by atoms with E-state index in [0.29, 0.717) is 16.7 Å². The Morgan fingerprint density at radius 2 is 2.38 bits per heavy atom. The van der Waals surface area contributed by atoms with Crippen LogP contribution in [-0.2, 0) is 0 Å².